The van der Waals surface area contributed by atoms with Crippen molar-refractivity contribution >= 4 is 23.3 Å². The summed E-state index contributed by atoms with van der Waals surface area (Å²) in [5.74, 6) is -2.36. The van der Waals surface area contributed by atoms with Crippen molar-refractivity contribution in [3.8, 4) is 0 Å². The fraction of sp³-hybridized carbons (Fsp3) is 0.375. The van der Waals surface area contributed by atoms with Crippen LogP contribution in [0.2, 0.25) is 0 Å². The number of nitro benzene ring substituents is 1. The Morgan fingerprint density at radius 2 is 2.17 bits per heavy atom. The molecule has 8 heteroatoms. The predicted octanol–water partition coefficient (Wildman–Crippen LogP) is 2.96. The first-order chi connectivity index (χ1) is 11.4. The number of carbonyl (C=O) groups is 2. The largest absolute Gasteiger partial charge is 0.452 e. The number of nitrogens with one attached hydrogen (secondary N) is 1. The van der Waals surface area contributed by atoms with Crippen LogP contribution in [0, 0.1) is 21.8 Å². The van der Waals surface area contributed by atoms with Gasteiger partial charge in [-0.1, -0.05) is 12.2 Å². The van der Waals surface area contributed by atoms with Crippen molar-refractivity contribution < 1.29 is 23.6 Å². The zero-order valence-electron chi connectivity index (χ0n) is 13.0. The molecule has 0 bridgehead atoms. The van der Waals surface area contributed by atoms with Crippen molar-refractivity contribution in [1.82, 2.24) is 0 Å². The zero-order chi connectivity index (χ0) is 17.7. The number of ether oxygens (including phenoxy) is 1. The molecule has 1 aromatic rings. The number of carbonyl (C=O) groups excluding carboxylic acids is 2. The number of allylic oxidation sites excluding steroid dienone is 2. The van der Waals surface area contributed by atoms with Crippen LogP contribution in [0.3, 0.4) is 0 Å². The molecule has 0 fully saturated rings. The maximum absolute atomic E-state index is 13.3. The van der Waals surface area contributed by atoms with Crippen LogP contribution < -0.4 is 5.32 Å². The van der Waals surface area contributed by atoms with Crippen LogP contribution >= 0.6 is 0 Å². The molecule has 1 aliphatic rings. The molecule has 128 valence electrons. The third-order valence-corrected chi connectivity index (χ3v) is 3.67. The number of hydrogen-bond acceptors (Lipinski definition) is 5. The van der Waals surface area contributed by atoms with E-state index in [1.165, 1.54) is 13.0 Å². The lowest BCUT2D eigenvalue weighted by molar-refractivity contribution is -0.387. The van der Waals surface area contributed by atoms with E-state index >= 15 is 0 Å². The summed E-state index contributed by atoms with van der Waals surface area (Å²) in [6.07, 6.45) is 4.87. The summed E-state index contributed by atoms with van der Waals surface area (Å²) in [5.41, 5.74) is -0.692. The summed E-state index contributed by atoms with van der Waals surface area (Å²) < 4.78 is 18.4. The van der Waals surface area contributed by atoms with Gasteiger partial charge in [0.05, 0.1) is 10.8 Å². The van der Waals surface area contributed by atoms with Crippen molar-refractivity contribution in [2.24, 2.45) is 5.92 Å². The van der Waals surface area contributed by atoms with Crippen molar-refractivity contribution in [1.29, 1.82) is 0 Å². The minimum atomic E-state index is -1.06. The van der Waals surface area contributed by atoms with Gasteiger partial charge in [0.2, 0.25) is 5.82 Å². The fourth-order valence-electron chi connectivity index (χ4n) is 2.31. The van der Waals surface area contributed by atoms with Crippen LogP contribution in [0.5, 0.6) is 0 Å². The SMILES string of the molecule is CC(OC(=O)C1CC=CCC1)C(=O)Nc1ccc(F)c([N+](=O)[O-])c1. The van der Waals surface area contributed by atoms with E-state index in [4.69, 9.17) is 4.74 Å². The number of amides is 1. The van der Waals surface area contributed by atoms with Gasteiger partial charge in [-0.2, -0.15) is 4.39 Å². The molecule has 1 N–H and O–H groups in total. The molecule has 7 nitrogen and oxygen atoms in total. The standard InChI is InChI=1S/C16H17FN2O5/c1-10(24-16(21)11-5-3-2-4-6-11)15(20)18-12-7-8-13(17)14(9-12)19(22)23/h2-3,7-11H,4-6H2,1H3,(H,18,20). The molecule has 0 radical (unpaired) electrons. The highest BCUT2D eigenvalue weighted by Gasteiger charge is 2.25. The second-order valence-electron chi connectivity index (χ2n) is 5.47. The number of nitro groups is 1. The molecule has 0 saturated carbocycles. The van der Waals surface area contributed by atoms with E-state index in [-0.39, 0.29) is 11.6 Å². The molecule has 0 aliphatic heterocycles. The smallest absolute Gasteiger partial charge is 0.310 e. The first kappa shape index (κ1) is 17.6. The van der Waals surface area contributed by atoms with E-state index < -0.39 is 34.4 Å². The highest BCUT2D eigenvalue weighted by Crippen LogP contribution is 2.23. The third kappa shape index (κ3) is 4.37. The molecule has 2 atom stereocenters. The average molecular weight is 336 g/mol. The van der Waals surface area contributed by atoms with Crippen LogP contribution in [-0.4, -0.2) is 22.9 Å². The number of benzene rings is 1. The zero-order valence-corrected chi connectivity index (χ0v) is 13.0. The van der Waals surface area contributed by atoms with Gasteiger partial charge in [0.25, 0.3) is 5.91 Å². The summed E-state index contributed by atoms with van der Waals surface area (Å²) in [4.78, 5) is 33.8. The first-order valence-electron chi connectivity index (χ1n) is 7.48. The third-order valence-electron chi connectivity index (χ3n) is 3.67. The quantitative estimate of drug-likeness (QED) is 0.386. The predicted molar refractivity (Wildman–Crippen MR) is 83.7 cm³/mol. The molecule has 0 aromatic heterocycles. The van der Waals surface area contributed by atoms with Gasteiger partial charge in [-0.15, -0.1) is 0 Å². The highest BCUT2D eigenvalue weighted by molar-refractivity contribution is 5.95. The van der Waals surface area contributed by atoms with E-state index in [1.807, 2.05) is 12.2 Å². The number of halogens is 1. The van der Waals surface area contributed by atoms with Gasteiger partial charge in [0.15, 0.2) is 6.10 Å². The average Bonchev–Trinajstić information content (AvgIpc) is 2.57. The summed E-state index contributed by atoms with van der Waals surface area (Å²) >= 11 is 0. The molecular formula is C16H17FN2O5. The molecule has 1 aromatic carbocycles. The van der Waals surface area contributed by atoms with E-state index in [2.05, 4.69) is 5.32 Å². The molecule has 2 unspecified atom stereocenters. The molecule has 24 heavy (non-hydrogen) atoms. The van der Waals surface area contributed by atoms with Crippen molar-refractivity contribution in [3.05, 3.63) is 46.3 Å². The summed E-state index contributed by atoms with van der Waals surface area (Å²) in [6, 6.07) is 2.99. The molecule has 0 saturated heterocycles. The van der Waals surface area contributed by atoms with Crippen molar-refractivity contribution in [2.75, 3.05) is 5.32 Å². The molecule has 2 rings (SSSR count). The molecule has 1 amide bonds. The van der Waals surface area contributed by atoms with E-state index in [0.717, 1.165) is 18.6 Å². The van der Waals surface area contributed by atoms with Crippen molar-refractivity contribution in [2.45, 2.75) is 32.3 Å². The van der Waals surface area contributed by atoms with Gasteiger partial charge in [-0.05, 0) is 38.3 Å². The molecule has 1 aliphatic carbocycles. The molecular weight excluding hydrogens is 319 g/mol. The van der Waals surface area contributed by atoms with Gasteiger partial charge in [0, 0.05) is 11.8 Å². The van der Waals surface area contributed by atoms with Gasteiger partial charge in [-0.25, -0.2) is 0 Å². The van der Waals surface area contributed by atoms with Gasteiger partial charge in [0.1, 0.15) is 0 Å². The number of rotatable bonds is 5. The minimum absolute atomic E-state index is 0.0524. The number of esters is 1. The minimum Gasteiger partial charge on any atom is -0.452 e. The Bertz CT molecular complexity index is 689. The highest BCUT2D eigenvalue weighted by atomic mass is 19.1. The maximum Gasteiger partial charge on any atom is 0.310 e. The monoisotopic (exact) mass is 336 g/mol. The number of hydrogen-bond donors (Lipinski definition) is 1. The number of nitrogens with zero attached hydrogens (tertiary/aromatic N) is 1. The Hall–Kier alpha value is -2.77. The van der Waals surface area contributed by atoms with Crippen molar-refractivity contribution in [3.63, 3.8) is 0 Å². The van der Waals surface area contributed by atoms with E-state index in [0.29, 0.717) is 12.8 Å². The lowest BCUT2D eigenvalue weighted by atomic mass is 9.95. The lowest BCUT2D eigenvalue weighted by Crippen LogP contribution is -2.32. The Labute approximate surface area is 137 Å². The second-order valence-corrected chi connectivity index (χ2v) is 5.47. The fourth-order valence-corrected chi connectivity index (χ4v) is 2.31. The van der Waals surface area contributed by atoms with Gasteiger partial charge >= 0.3 is 11.7 Å². The van der Waals surface area contributed by atoms with E-state index in [9.17, 15) is 24.1 Å². The van der Waals surface area contributed by atoms with Crippen LogP contribution in [0.15, 0.2) is 30.4 Å². The Morgan fingerprint density at radius 1 is 1.42 bits per heavy atom. The summed E-state index contributed by atoms with van der Waals surface area (Å²) in [7, 11) is 0. The second kappa shape index (κ2) is 7.67. The van der Waals surface area contributed by atoms with Crippen LogP contribution in [0.25, 0.3) is 0 Å². The summed E-state index contributed by atoms with van der Waals surface area (Å²) in [5, 5.41) is 13.1. The van der Waals surface area contributed by atoms with E-state index in [1.54, 1.807) is 0 Å². The number of anilines is 1. The van der Waals surface area contributed by atoms with Gasteiger partial charge < -0.3 is 10.1 Å². The molecule has 0 heterocycles. The lowest BCUT2D eigenvalue weighted by Gasteiger charge is -2.19. The van der Waals surface area contributed by atoms with Crippen LogP contribution in [-0.2, 0) is 14.3 Å². The Kier molecular flexibility index (Phi) is 5.62. The van der Waals surface area contributed by atoms with Gasteiger partial charge in [-0.3, -0.25) is 19.7 Å². The maximum atomic E-state index is 13.3. The first-order valence-corrected chi connectivity index (χ1v) is 7.48. The Balaban J connectivity index is 1.96. The molecule has 0 spiro atoms. The van der Waals surface area contributed by atoms with Crippen LogP contribution in [0.1, 0.15) is 26.2 Å². The Morgan fingerprint density at radius 3 is 2.79 bits per heavy atom. The summed E-state index contributed by atoms with van der Waals surface area (Å²) in [6.45, 7) is 1.41. The topological polar surface area (TPSA) is 98.5 Å². The van der Waals surface area contributed by atoms with Crippen LogP contribution in [0.4, 0.5) is 15.8 Å². The normalized spacial score (nSPS) is 17.8.